The van der Waals surface area contributed by atoms with Crippen LogP contribution in [0.2, 0.25) is 0 Å². The van der Waals surface area contributed by atoms with Crippen molar-refractivity contribution in [2.45, 2.75) is 39.7 Å². The second-order valence-electron chi connectivity index (χ2n) is 6.68. The van der Waals surface area contributed by atoms with E-state index in [0.29, 0.717) is 5.92 Å². The van der Waals surface area contributed by atoms with E-state index < -0.39 is 5.97 Å². The minimum Gasteiger partial charge on any atom is -0.480 e. The molecule has 1 unspecified atom stereocenters. The summed E-state index contributed by atoms with van der Waals surface area (Å²) in [6.45, 7) is 8.33. The van der Waals surface area contributed by atoms with Crippen LogP contribution in [0.25, 0.3) is 0 Å². The number of nitrogens with zero attached hydrogens (tertiary/aromatic N) is 1. The molecule has 0 radical (unpaired) electrons. The van der Waals surface area contributed by atoms with Gasteiger partial charge in [-0.15, -0.1) is 0 Å². The molecule has 1 amide bonds. The highest BCUT2D eigenvalue weighted by Gasteiger charge is 2.19. The van der Waals surface area contributed by atoms with Crippen LogP contribution in [0.4, 0.5) is 0 Å². The lowest BCUT2D eigenvalue weighted by atomic mass is 9.93. The van der Waals surface area contributed by atoms with Gasteiger partial charge >= 0.3 is 5.97 Å². The SMILES string of the molecule is CC(C)c1ccc(C(NC(=O)CN(C)CC(=O)O)C(C)C)cc1. The first kappa shape index (κ1) is 19.2. The van der Waals surface area contributed by atoms with E-state index in [1.165, 1.54) is 10.5 Å². The Labute approximate surface area is 138 Å². The third-order valence-corrected chi connectivity index (χ3v) is 3.76. The normalized spacial score (nSPS) is 12.7. The van der Waals surface area contributed by atoms with Gasteiger partial charge in [-0.2, -0.15) is 0 Å². The lowest BCUT2D eigenvalue weighted by molar-refractivity contribution is -0.138. The first-order valence-corrected chi connectivity index (χ1v) is 8.00. The molecule has 1 aromatic carbocycles. The molecule has 0 heterocycles. The molecule has 0 aromatic heterocycles. The van der Waals surface area contributed by atoms with E-state index in [9.17, 15) is 9.59 Å². The fraction of sp³-hybridized carbons (Fsp3) is 0.556. The second kappa shape index (κ2) is 8.67. The van der Waals surface area contributed by atoms with Crippen molar-refractivity contribution in [3.05, 3.63) is 35.4 Å². The Balaban J connectivity index is 2.75. The van der Waals surface area contributed by atoms with Gasteiger partial charge in [-0.1, -0.05) is 52.0 Å². The maximum atomic E-state index is 12.2. The molecule has 23 heavy (non-hydrogen) atoms. The molecular weight excluding hydrogens is 292 g/mol. The van der Waals surface area contributed by atoms with Crippen LogP contribution in [0.1, 0.15) is 50.8 Å². The van der Waals surface area contributed by atoms with Crippen LogP contribution < -0.4 is 5.32 Å². The highest BCUT2D eigenvalue weighted by atomic mass is 16.4. The number of hydrogen-bond acceptors (Lipinski definition) is 3. The van der Waals surface area contributed by atoms with E-state index in [0.717, 1.165) is 5.56 Å². The van der Waals surface area contributed by atoms with Crippen LogP contribution in [-0.2, 0) is 9.59 Å². The predicted molar refractivity (Wildman–Crippen MR) is 91.4 cm³/mol. The van der Waals surface area contributed by atoms with Crippen molar-refractivity contribution < 1.29 is 14.7 Å². The van der Waals surface area contributed by atoms with Crippen molar-refractivity contribution >= 4 is 11.9 Å². The molecule has 0 saturated carbocycles. The summed E-state index contributed by atoms with van der Waals surface area (Å²) in [5.41, 5.74) is 2.34. The first-order chi connectivity index (χ1) is 10.7. The molecule has 0 spiro atoms. The van der Waals surface area contributed by atoms with E-state index in [-0.39, 0.29) is 31.0 Å². The van der Waals surface area contributed by atoms with Gasteiger partial charge < -0.3 is 10.4 Å². The molecule has 1 rings (SSSR count). The first-order valence-electron chi connectivity index (χ1n) is 8.00. The number of carbonyl (C=O) groups excluding carboxylic acids is 1. The molecule has 0 bridgehead atoms. The average Bonchev–Trinajstić information content (AvgIpc) is 2.43. The number of aliphatic carboxylic acids is 1. The highest BCUT2D eigenvalue weighted by Crippen LogP contribution is 2.24. The van der Waals surface area contributed by atoms with Gasteiger partial charge in [0.05, 0.1) is 19.1 Å². The lowest BCUT2D eigenvalue weighted by Crippen LogP contribution is -2.40. The Morgan fingerprint density at radius 1 is 1.04 bits per heavy atom. The van der Waals surface area contributed by atoms with Crippen molar-refractivity contribution in [1.82, 2.24) is 10.2 Å². The number of likely N-dealkylation sites (N-methyl/N-ethyl adjacent to an activating group) is 1. The molecule has 1 aromatic rings. The fourth-order valence-corrected chi connectivity index (χ4v) is 2.47. The van der Waals surface area contributed by atoms with Crippen molar-refractivity contribution in [2.75, 3.05) is 20.1 Å². The van der Waals surface area contributed by atoms with Crippen molar-refractivity contribution in [2.24, 2.45) is 5.92 Å². The zero-order valence-corrected chi connectivity index (χ0v) is 14.7. The molecule has 5 nitrogen and oxygen atoms in total. The maximum absolute atomic E-state index is 12.2. The van der Waals surface area contributed by atoms with Crippen molar-refractivity contribution in [3.8, 4) is 0 Å². The summed E-state index contributed by atoms with van der Waals surface area (Å²) in [5, 5.41) is 11.8. The van der Waals surface area contributed by atoms with Gasteiger partial charge in [-0.05, 0) is 30.0 Å². The predicted octanol–water partition coefficient (Wildman–Crippen LogP) is 2.64. The number of carbonyl (C=O) groups is 2. The number of hydrogen-bond donors (Lipinski definition) is 2. The van der Waals surface area contributed by atoms with Crippen molar-refractivity contribution in [3.63, 3.8) is 0 Å². The van der Waals surface area contributed by atoms with Crippen LogP contribution in [0, 0.1) is 5.92 Å². The van der Waals surface area contributed by atoms with Gasteiger partial charge in [0.25, 0.3) is 0 Å². The zero-order chi connectivity index (χ0) is 17.6. The number of rotatable bonds is 8. The minimum atomic E-state index is -0.940. The molecule has 0 aliphatic carbocycles. The molecule has 128 valence electrons. The Bertz CT molecular complexity index is 524. The van der Waals surface area contributed by atoms with E-state index >= 15 is 0 Å². The highest BCUT2D eigenvalue weighted by molar-refractivity contribution is 5.79. The summed E-state index contributed by atoms with van der Waals surface area (Å²) in [6.07, 6.45) is 0. The number of amides is 1. The zero-order valence-electron chi connectivity index (χ0n) is 14.7. The Morgan fingerprint density at radius 3 is 2.00 bits per heavy atom. The molecule has 0 aliphatic rings. The summed E-state index contributed by atoms with van der Waals surface area (Å²) in [6, 6.07) is 8.22. The number of nitrogens with one attached hydrogen (secondary N) is 1. The largest absolute Gasteiger partial charge is 0.480 e. The third-order valence-electron chi connectivity index (χ3n) is 3.76. The smallest absolute Gasteiger partial charge is 0.317 e. The molecule has 0 aliphatic heterocycles. The molecule has 2 N–H and O–H groups in total. The standard InChI is InChI=1S/C18H28N2O3/c1-12(2)14-6-8-15(9-7-14)18(13(3)4)19-16(21)10-20(5)11-17(22)23/h6-9,12-13,18H,10-11H2,1-5H3,(H,19,21)(H,22,23). The van der Waals surface area contributed by atoms with E-state index in [1.807, 2.05) is 0 Å². The Morgan fingerprint density at radius 2 is 1.57 bits per heavy atom. The number of carboxylic acids is 1. The van der Waals surface area contributed by atoms with Gasteiger partial charge in [-0.3, -0.25) is 14.5 Å². The summed E-state index contributed by atoms with van der Waals surface area (Å²) in [4.78, 5) is 24.3. The molecular formula is C18H28N2O3. The van der Waals surface area contributed by atoms with Gasteiger partial charge in [0, 0.05) is 0 Å². The summed E-state index contributed by atoms with van der Waals surface area (Å²) < 4.78 is 0. The molecule has 5 heteroatoms. The molecule has 0 saturated heterocycles. The topological polar surface area (TPSA) is 69.6 Å². The summed E-state index contributed by atoms with van der Waals surface area (Å²) in [7, 11) is 1.62. The molecule has 0 fully saturated rings. The quantitative estimate of drug-likeness (QED) is 0.772. The third kappa shape index (κ3) is 6.40. The fourth-order valence-electron chi connectivity index (χ4n) is 2.47. The van der Waals surface area contributed by atoms with Gasteiger partial charge in [0.1, 0.15) is 0 Å². The Kier molecular flexibility index (Phi) is 7.23. The monoisotopic (exact) mass is 320 g/mol. The van der Waals surface area contributed by atoms with Gasteiger partial charge in [0.2, 0.25) is 5.91 Å². The second-order valence-corrected chi connectivity index (χ2v) is 6.68. The van der Waals surface area contributed by atoms with Crippen LogP contribution in [0.15, 0.2) is 24.3 Å². The maximum Gasteiger partial charge on any atom is 0.317 e. The van der Waals surface area contributed by atoms with E-state index in [2.05, 4.69) is 57.3 Å². The van der Waals surface area contributed by atoms with Gasteiger partial charge in [0.15, 0.2) is 0 Å². The number of benzene rings is 1. The minimum absolute atomic E-state index is 0.0690. The summed E-state index contributed by atoms with van der Waals surface area (Å²) >= 11 is 0. The summed E-state index contributed by atoms with van der Waals surface area (Å²) in [5.74, 6) is -0.389. The van der Waals surface area contributed by atoms with Gasteiger partial charge in [-0.25, -0.2) is 0 Å². The van der Waals surface area contributed by atoms with Crippen LogP contribution >= 0.6 is 0 Å². The average molecular weight is 320 g/mol. The molecule has 1 atom stereocenters. The van der Waals surface area contributed by atoms with E-state index in [4.69, 9.17) is 5.11 Å². The number of carboxylic acid groups (broad SMARTS) is 1. The van der Waals surface area contributed by atoms with Crippen LogP contribution in [0.3, 0.4) is 0 Å². The van der Waals surface area contributed by atoms with Crippen molar-refractivity contribution in [1.29, 1.82) is 0 Å². The Hall–Kier alpha value is -1.88. The van der Waals surface area contributed by atoms with E-state index in [1.54, 1.807) is 7.05 Å². The van der Waals surface area contributed by atoms with Crippen LogP contribution in [0.5, 0.6) is 0 Å². The van der Waals surface area contributed by atoms with Crippen LogP contribution in [-0.4, -0.2) is 42.0 Å². The lowest BCUT2D eigenvalue weighted by Gasteiger charge is -2.24.